The summed E-state index contributed by atoms with van der Waals surface area (Å²) in [5, 5.41) is 13.2. The Morgan fingerprint density at radius 3 is 2.62 bits per heavy atom. The van der Waals surface area contributed by atoms with Crippen LogP contribution in [0.3, 0.4) is 0 Å². The van der Waals surface area contributed by atoms with Crippen molar-refractivity contribution >= 4 is 5.91 Å². The van der Waals surface area contributed by atoms with Crippen LogP contribution in [0.4, 0.5) is 0 Å². The molecule has 24 heavy (non-hydrogen) atoms. The van der Waals surface area contributed by atoms with Crippen LogP contribution in [0.25, 0.3) is 0 Å². The zero-order valence-electron chi connectivity index (χ0n) is 15.0. The minimum absolute atomic E-state index is 0.00421. The molecule has 0 aromatic heterocycles. The summed E-state index contributed by atoms with van der Waals surface area (Å²) in [5.74, 6) is 0.00421. The third-order valence-corrected chi connectivity index (χ3v) is 4.51. The van der Waals surface area contributed by atoms with Crippen molar-refractivity contribution in [2.24, 2.45) is 0 Å². The fourth-order valence-corrected chi connectivity index (χ4v) is 3.23. The number of carbonyl (C=O) groups excluding carboxylic acids is 1. The molecule has 1 fully saturated rings. The Bertz CT molecular complexity index is 522. The first kappa shape index (κ1) is 18.9. The molecule has 2 rings (SSSR count). The maximum Gasteiger partial charge on any atom is 0.234 e. The van der Waals surface area contributed by atoms with E-state index in [1.54, 1.807) is 0 Å². The first-order valence-corrected chi connectivity index (χ1v) is 8.79. The Morgan fingerprint density at radius 2 is 2.00 bits per heavy atom. The Hall–Kier alpha value is -1.43. The van der Waals surface area contributed by atoms with Gasteiger partial charge in [-0.15, -0.1) is 0 Å². The molecule has 1 saturated heterocycles. The lowest BCUT2D eigenvalue weighted by Gasteiger charge is -2.33. The maximum atomic E-state index is 12.2. The van der Waals surface area contributed by atoms with Gasteiger partial charge in [0.1, 0.15) is 0 Å². The summed E-state index contributed by atoms with van der Waals surface area (Å²) in [5.41, 5.74) is 1.44. The van der Waals surface area contributed by atoms with Crippen molar-refractivity contribution in [2.45, 2.75) is 58.4 Å². The summed E-state index contributed by atoms with van der Waals surface area (Å²) in [6, 6.07) is 8.15. The van der Waals surface area contributed by atoms with Gasteiger partial charge < -0.3 is 15.2 Å². The predicted octanol–water partition coefficient (Wildman–Crippen LogP) is 2.07. The van der Waals surface area contributed by atoms with Crippen LogP contribution in [0.1, 0.15) is 44.7 Å². The predicted molar refractivity (Wildman–Crippen MR) is 94.5 cm³/mol. The van der Waals surface area contributed by atoms with Crippen LogP contribution in [0, 0.1) is 0 Å². The molecule has 1 aliphatic heterocycles. The van der Waals surface area contributed by atoms with E-state index < -0.39 is 5.60 Å². The lowest BCUT2D eigenvalue weighted by molar-refractivity contribution is -0.123. The van der Waals surface area contributed by atoms with Crippen molar-refractivity contribution in [3.8, 4) is 0 Å². The van der Waals surface area contributed by atoms with Crippen LogP contribution in [0.5, 0.6) is 0 Å². The number of amides is 1. The van der Waals surface area contributed by atoms with Gasteiger partial charge in [-0.25, -0.2) is 0 Å². The molecular formula is C19H30N2O3. The number of likely N-dealkylation sites (tertiary alicyclic amines) is 1. The van der Waals surface area contributed by atoms with Gasteiger partial charge in [0, 0.05) is 19.2 Å². The molecule has 1 atom stereocenters. The number of ether oxygens (including phenoxy) is 1. The molecule has 1 heterocycles. The molecule has 0 spiro atoms. The van der Waals surface area contributed by atoms with E-state index in [-0.39, 0.29) is 11.9 Å². The number of hydrogen-bond acceptors (Lipinski definition) is 4. The van der Waals surface area contributed by atoms with Gasteiger partial charge in [-0.3, -0.25) is 9.69 Å². The Labute approximate surface area is 145 Å². The Kier molecular flexibility index (Phi) is 6.78. The molecule has 134 valence electrons. The average Bonchev–Trinajstić information content (AvgIpc) is 3.00. The molecule has 0 radical (unpaired) electrons. The number of nitrogens with one attached hydrogen (secondary N) is 1. The van der Waals surface area contributed by atoms with Gasteiger partial charge in [-0.05, 0) is 51.3 Å². The maximum absolute atomic E-state index is 12.2. The van der Waals surface area contributed by atoms with Crippen LogP contribution < -0.4 is 5.32 Å². The van der Waals surface area contributed by atoms with Crippen molar-refractivity contribution in [3.63, 3.8) is 0 Å². The van der Waals surface area contributed by atoms with Crippen molar-refractivity contribution in [1.82, 2.24) is 10.2 Å². The van der Waals surface area contributed by atoms with Crippen molar-refractivity contribution in [1.29, 1.82) is 0 Å². The minimum atomic E-state index is -0.771. The summed E-state index contributed by atoms with van der Waals surface area (Å²) in [7, 11) is 0. The highest BCUT2D eigenvalue weighted by Crippen LogP contribution is 2.26. The van der Waals surface area contributed by atoms with E-state index in [4.69, 9.17) is 4.74 Å². The van der Waals surface area contributed by atoms with Crippen LogP contribution in [-0.2, 0) is 22.7 Å². The van der Waals surface area contributed by atoms with E-state index in [0.717, 1.165) is 30.5 Å². The van der Waals surface area contributed by atoms with Gasteiger partial charge in [0.2, 0.25) is 5.91 Å². The van der Waals surface area contributed by atoms with E-state index in [0.29, 0.717) is 26.3 Å². The molecular weight excluding hydrogens is 304 g/mol. The third kappa shape index (κ3) is 5.58. The van der Waals surface area contributed by atoms with Gasteiger partial charge >= 0.3 is 0 Å². The number of aliphatic hydroxyl groups is 1. The molecule has 0 aliphatic carbocycles. The highest BCUT2D eigenvalue weighted by Gasteiger charge is 2.36. The summed E-state index contributed by atoms with van der Waals surface area (Å²) < 4.78 is 5.37. The molecule has 1 unspecified atom stereocenters. The smallest absolute Gasteiger partial charge is 0.234 e. The fourth-order valence-electron chi connectivity index (χ4n) is 3.23. The average molecular weight is 334 g/mol. The van der Waals surface area contributed by atoms with E-state index in [1.807, 2.05) is 45.0 Å². The van der Waals surface area contributed by atoms with Crippen LogP contribution >= 0.6 is 0 Å². The second kappa shape index (κ2) is 8.60. The quantitative estimate of drug-likeness (QED) is 0.764. The molecule has 1 aliphatic rings. The molecule has 0 bridgehead atoms. The van der Waals surface area contributed by atoms with E-state index in [9.17, 15) is 9.90 Å². The number of nitrogens with zero attached hydrogens (tertiary/aromatic N) is 1. The molecule has 5 nitrogen and oxygen atoms in total. The molecule has 0 saturated carbocycles. The molecule has 1 amide bonds. The topological polar surface area (TPSA) is 61.8 Å². The van der Waals surface area contributed by atoms with E-state index in [2.05, 4.69) is 10.2 Å². The van der Waals surface area contributed by atoms with E-state index >= 15 is 0 Å². The zero-order chi connectivity index (χ0) is 17.6. The largest absolute Gasteiger partial charge is 0.389 e. The van der Waals surface area contributed by atoms with Crippen molar-refractivity contribution in [3.05, 3.63) is 35.4 Å². The second-order valence-corrected chi connectivity index (χ2v) is 7.01. The monoisotopic (exact) mass is 334 g/mol. The highest BCUT2D eigenvalue weighted by atomic mass is 16.5. The fraction of sp³-hybridized carbons (Fsp3) is 0.632. The summed E-state index contributed by atoms with van der Waals surface area (Å²) in [4.78, 5) is 14.3. The molecule has 1 aromatic rings. The lowest BCUT2D eigenvalue weighted by Crippen LogP contribution is -2.48. The van der Waals surface area contributed by atoms with Gasteiger partial charge in [0.15, 0.2) is 0 Å². The van der Waals surface area contributed by atoms with Gasteiger partial charge in [-0.1, -0.05) is 24.3 Å². The van der Waals surface area contributed by atoms with Crippen molar-refractivity contribution < 1.29 is 14.6 Å². The lowest BCUT2D eigenvalue weighted by atomic mass is 9.97. The van der Waals surface area contributed by atoms with Crippen LogP contribution in [0.15, 0.2) is 24.3 Å². The second-order valence-electron chi connectivity index (χ2n) is 7.01. The normalized spacial score (nSPS) is 18.8. The third-order valence-electron chi connectivity index (χ3n) is 4.51. The van der Waals surface area contributed by atoms with Crippen molar-refractivity contribution in [2.75, 3.05) is 19.7 Å². The first-order valence-electron chi connectivity index (χ1n) is 8.79. The van der Waals surface area contributed by atoms with Crippen LogP contribution in [-0.4, -0.2) is 47.3 Å². The summed E-state index contributed by atoms with van der Waals surface area (Å²) in [6.07, 6.45) is 1.97. The molecule has 5 heteroatoms. The molecule has 1 aromatic carbocycles. The zero-order valence-corrected chi connectivity index (χ0v) is 15.0. The minimum Gasteiger partial charge on any atom is -0.389 e. The van der Waals surface area contributed by atoms with Gasteiger partial charge in [0.25, 0.3) is 0 Å². The van der Waals surface area contributed by atoms with Crippen LogP contribution in [0.2, 0.25) is 0 Å². The van der Waals surface area contributed by atoms with Gasteiger partial charge in [0.05, 0.1) is 18.8 Å². The summed E-state index contributed by atoms with van der Waals surface area (Å²) >= 11 is 0. The number of hydrogen-bond donors (Lipinski definition) is 2. The molecule has 2 N–H and O–H groups in total. The Balaban J connectivity index is 1.78. The number of rotatable bonds is 8. The standard InChI is InChI=1S/C19H30N2O3/c1-4-24-14-16-9-7-15(8-10-16)12-20-18(22)13-21-11-5-6-17(21)19(2,3)23/h7-10,17,23H,4-6,11-14H2,1-3H3,(H,20,22). The number of carbonyl (C=O) groups is 1. The summed E-state index contributed by atoms with van der Waals surface area (Å²) in [6.45, 7) is 8.68. The number of benzene rings is 1. The van der Waals surface area contributed by atoms with Gasteiger partial charge in [-0.2, -0.15) is 0 Å². The SMILES string of the molecule is CCOCc1ccc(CNC(=O)CN2CCCC2C(C)(C)O)cc1. The Morgan fingerprint density at radius 1 is 1.33 bits per heavy atom. The first-order chi connectivity index (χ1) is 11.4. The van der Waals surface area contributed by atoms with E-state index in [1.165, 1.54) is 0 Å². The highest BCUT2D eigenvalue weighted by molar-refractivity contribution is 5.78.